The molecule has 1 aliphatic carbocycles. The van der Waals surface area contributed by atoms with Crippen LogP contribution < -0.4 is 10.6 Å². The third-order valence-electron chi connectivity index (χ3n) is 5.37. The van der Waals surface area contributed by atoms with E-state index in [0.29, 0.717) is 43.4 Å². The summed E-state index contributed by atoms with van der Waals surface area (Å²) in [6.45, 7) is 0.912. The first-order chi connectivity index (χ1) is 13.0. The molecule has 1 saturated heterocycles. The van der Waals surface area contributed by atoms with E-state index in [2.05, 4.69) is 20.9 Å². The Morgan fingerprint density at radius 2 is 2.04 bits per heavy atom. The second kappa shape index (κ2) is 6.71. The fourth-order valence-corrected chi connectivity index (χ4v) is 3.58. The van der Waals surface area contributed by atoms with E-state index in [1.54, 1.807) is 22.7 Å². The molecule has 1 aliphatic heterocycles. The molecule has 3 heterocycles. The van der Waals surface area contributed by atoms with Crippen LogP contribution in [-0.4, -0.2) is 57.3 Å². The number of aromatic nitrogens is 3. The summed E-state index contributed by atoms with van der Waals surface area (Å²) in [6.07, 6.45) is 4.99. The summed E-state index contributed by atoms with van der Waals surface area (Å²) < 4.78 is 6.97. The molecule has 2 N–H and O–H groups in total. The number of carbonyl (C=O) groups is 2. The van der Waals surface area contributed by atoms with Gasteiger partial charge in [-0.05, 0) is 25.7 Å². The third-order valence-corrected chi connectivity index (χ3v) is 5.37. The molecule has 1 saturated carbocycles. The van der Waals surface area contributed by atoms with Gasteiger partial charge in [0.1, 0.15) is 17.1 Å². The molecule has 0 aromatic carbocycles. The molecule has 9 nitrogen and oxygen atoms in total. The first-order valence-corrected chi connectivity index (χ1v) is 9.27. The van der Waals surface area contributed by atoms with Gasteiger partial charge in [-0.15, -0.1) is 0 Å². The van der Waals surface area contributed by atoms with Crippen LogP contribution in [0.1, 0.15) is 47.8 Å². The van der Waals surface area contributed by atoms with Crippen LogP contribution in [0.25, 0.3) is 0 Å². The van der Waals surface area contributed by atoms with Crippen molar-refractivity contribution in [3.8, 4) is 0 Å². The van der Waals surface area contributed by atoms with Crippen molar-refractivity contribution < 1.29 is 14.1 Å². The van der Waals surface area contributed by atoms with Crippen molar-refractivity contribution in [1.29, 1.82) is 0 Å². The van der Waals surface area contributed by atoms with E-state index in [1.807, 2.05) is 19.3 Å². The number of aryl methyl sites for hydroxylation is 1. The Bertz CT molecular complexity index is 845. The van der Waals surface area contributed by atoms with Crippen LogP contribution >= 0.6 is 0 Å². The number of nitrogens with one attached hydrogen (secondary N) is 2. The number of nitrogens with zero attached hydrogens (tertiary/aromatic N) is 4. The highest BCUT2D eigenvalue weighted by molar-refractivity contribution is 5.93. The smallest absolute Gasteiger partial charge is 0.276 e. The highest BCUT2D eigenvalue weighted by Gasteiger charge is 2.43. The summed E-state index contributed by atoms with van der Waals surface area (Å²) in [4.78, 5) is 27.1. The Morgan fingerprint density at radius 3 is 2.63 bits per heavy atom. The molecular formula is C18H24N6O3. The number of amides is 2. The standard InChI is InChI=1S/C18H24N6O3/c1-19-17(26)18(20-15-5-8-23(2)21-15)6-9-24(10-7-18)16(25)13-11-14(27-22-13)12-3-4-12/h5,8,11-12H,3-4,6-7,9-10H2,1-2H3,(H,19,26)(H,20,21). The number of likely N-dealkylation sites (N-methyl/N-ethyl adjacent to an activating group) is 1. The molecule has 0 unspecified atom stereocenters. The Labute approximate surface area is 157 Å². The molecule has 144 valence electrons. The van der Waals surface area contributed by atoms with Gasteiger partial charge < -0.3 is 20.1 Å². The number of rotatable bonds is 5. The van der Waals surface area contributed by atoms with Gasteiger partial charge >= 0.3 is 0 Å². The molecule has 0 spiro atoms. The molecule has 2 aromatic rings. The zero-order chi connectivity index (χ0) is 19.0. The predicted molar refractivity (Wildman–Crippen MR) is 97.2 cm³/mol. The molecule has 0 atom stereocenters. The van der Waals surface area contributed by atoms with Crippen molar-refractivity contribution in [1.82, 2.24) is 25.2 Å². The van der Waals surface area contributed by atoms with Crippen LogP contribution in [0.5, 0.6) is 0 Å². The van der Waals surface area contributed by atoms with Gasteiger partial charge in [0, 0.05) is 51.4 Å². The zero-order valence-electron chi connectivity index (χ0n) is 15.6. The lowest BCUT2D eigenvalue weighted by Gasteiger charge is -2.40. The Kier molecular flexibility index (Phi) is 4.37. The maximum absolute atomic E-state index is 12.7. The van der Waals surface area contributed by atoms with Gasteiger partial charge in [0.2, 0.25) is 5.91 Å². The second-order valence-corrected chi connectivity index (χ2v) is 7.34. The Hall–Kier alpha value is -2.84. The second-order valence-electron chi connectivity index (χ2n) is 7.34. The molecule has 4 rings (SSSR count). The summed E-state index contributed by atoms with van der Waals surface area (Å²) in [5, 5.41) is 14.3. The normalized spacial score (nSPS) is 19.0. The fourth-order valence-electron chi connectivity index (χ4n) is 3.58. The van der Waals surface area contributed by atoms with Crippen LogP contribution in [0, 0.1) is 0 Å². The summed E-state index contributed by atoms with van der Waals surface area (Å²) in [6, 6.07) is 3.59. The van der Waals surface area contributed by atoms with Crippen molar-refractivity contribution in [2.75, 3.05) is 25.5 Å². The first-order valence-electron chi connectivity index (χ1n) is 9.27. The Morgan fingerprint density at radius 1 is 1.30 bits per heavy atom. The summed E-state index contributed by atoms with van der Waals surface area (Å²) in [5.41, 5.74) is -0.440. The molecule has 2 aliphatic rings. The van der Waals surface area contributed by atoms with Gasteiger partial charge in [0.15, 0.2) is 5.69 Å². The molecule has 27 heavy (non-hydrogen) atoms. The van der Waals surface area contributed by atoms with Gasteiger partial charge in [-0.3, -0.25) is 14.3 Å². The van der Waals surface area contributed by atoms with Gasteiger partial charge in [-0.1, -0.05) is 5.16 Å². The van der Waals surface area contributed by atoms with Crippen molar-refractivity contribution in [2.24, 2.45) is 7.05 Å². The van der Waals surface area contributed by atoms with E-state index < -0.39 is 5.54 Å². The number of hydrogen-bond acceptors (Lipinski definition) is 6. The number of hydrogen-bond donors (Lipinski definition) is 2. The van der Waals surface area contributed by atoms with Crippen molar-refractivity contribution in [2.45, 2.75) is 37.1 Å². The highest BCUT2D eigenvalue weighted by Crippen LogP contribution is 2.40. The maximum atomic E-state index is 12.7. The Balaban J connectivity index is 1.45. The number of carbonyl (C=O) groups excluding carboxylic acids is 2. The van der Waals surface area contributed by atoms with Gasteiger partial charge in [-0.25, -0.2) is 0 Å². The average molecular weight is 372 g/mol. The summed E-state index contributed by atoms with van der Waals surface area (Å²) >= 11 is 0. The lowest BCUT2D eigenvalue weighted by Crippen LogP contribution is -2.58. The largest absolute Gasteiger partial charge is 0.360 e. The quantitative estimate of drug-likeness (QED) is 0.815. The summed E-state index contributed by atoms with van der Waals surface area (Å²) in [7, 11) is 3.45. The molecule has 9 heteroatoms. The monoisotopic (exact) mass is 372 g/mol. The number of likely N-dealkylation sites (tertiary alicyclic amines) is 1. The lowest BCUT2D eigenvalue weighted by atomic mass is 9.86. The topological polar surface area (TPSA) is 105 Å². The highest BCUT2D eigenvalue weighted by atomic mass is 16.5. The van der Waals surface area contributed by atoms with Crippen LogP contribution in [-0.2, 0) is 11.8 Å². The van der Waals surface area contributed by atoms with E-state index in [1.165, 1.54) is 0 Å². The zero-order valence-corrected chi connectivity index (χ0v) is 15.6. The van der Waals surface area contributed by atoms with Gasteiger partial charge in [0.05, 0.1) is 0 Å². The van der Waals surface area contributed by atoms with E-state index in [-0.39, 0.29) is 11.8 Å². The molecule has 0 bridgehead atoms. The van der Waals surface area contributed by atoms with Crippen LogP contribution in [0.3, 0.4) is 0 Å². The van der Waals surface area contributed by atoms with Crippen LogP contribution in [0.4, 0.5) is 5.82 Å². The maximum Gasteiger partial charge on any atom is 0.276 e. The minimum atomic E-state index is -0.789. The molecule has 0 radical (unpaired) electrons. The minimum absolute atomic E-state index is 0.0993. The number of piperidine rings is 1. The molecule has 2 amide bonds. The van der Waals surface area contributed by atoms with Gasteiger partial charge in [-0.2, -0.15) is 5.10 Å². The minimum Gasteiger partial charge on any atom is -0.360 e. The van der Waals surface area contributed by atoms with E-state index in [4.69, 9.17) is 4.52 Å². The van der Waals surface area contributed by atoms with Crippen molar-refractivity contribution in [3.05, 3.63) is 29.8 Å². The van der Waals surface area contributed by atoms with E-state index >= 15 is 0 Å². The molecule has 2 fully saturated rings. The van der Waals surface area contributed by atoms with Crippen molar-refractivity contribution in [3.63, 3.8) is 0 Å². The van der Waals surface area contributed by atoms with Crippen LogP contribution in [0.2, 0.25) is 0 Å². The lowest BCUT2D eigenvalue weighted by molar-refractivity contribution is -0.126. The van der Waals surface area contributed by atoms with E-state index in [9.17, 15) is 9.59 Å². The number of anilines is 1. The first kappa shape index (κ1) is 17.6. The molecule has 2 aromatic heterocycles. The average Bonchev–Trinajstić information content (AvgIpc) is 3.27. The van der Waals surface area contributed by atoms with Gasteiger partial charge in [0.25, 0.3) is 5.91 Å². The van der Waals surface area contributed by atoms with E-state index in [0.717, 1.165) is 18.6 Å². The predicted octanol–water partition coefficient (Wildman–Crippen LogP) is 1.12. The fraction of sp³-hybridized carbons (Fsp3) is 0.556. The SMILES string of the molecule is CNC(=O)C1(Nc2ccn(C)n2)CCN(C(=O)c2cc(C3CC3)on2)CC1. The van der Waals surface area contributed by atoms with Crippen LogP contribution in [0.15, 0.2) is 22.9 Å². The summed E-state index contributed by atoms with van der Waals surface area (Å²) in [5.74, 6) is 1.62. The van der Waals surface area contributed by atoms with Crippen molar-refractivity contribution >= 4 is 17.6 Å². The molecular weight excluding hydrogens is 348 g/mol. The third kappa shape index (κ3) is 3.41.